The maximum Gasteiger partial charge on any atom is 0.133 e. The zero-order valence-electron chi connectivity index (χ0n) is 11.1. The summed E-state index contributed by atoms with van der Waals surface area (Å²) in [5.41, 5.74) is 6.68. The van der Waals surface area contributed by atoms with Crippen molar-refractivity contribution in [3.63, 3.8) is 0 Å². The van der Waals surface area contributed by atoms with Crippen molar-refractivity contribution in [2.24, 2.45) is 5.73 Å². The minimum absolute atomic E-state index is 0.585. The van der Waals surface area contributed by atoms with E-state index in [-0.39, 0.29) is 0 Å². The van der Waals surface area contributed by atoms with Crippen molar-refractivity contribution in [2.75, 3.05) is 36.9 Å². The van der Waals surface area contributed by atoms with Gasteiger partial charge in [-0.1, -0.05) is 0 Å². The van der Waals surface area contributed by atoms with Gasteiger partial charge in [0.1, 0.15) is 18.0 Å². The summed E-state index contributed by atoms with van der Waals surface area (Å²) >= 11 is 0. The Kier molecular flexibility index (Phi) is 4.74. The van der Waals surface area contributed by atoms with Crippen molar-refractivity contribution in [1.29, 1.82) is 0 Å². The molecular weight excluding hydrogens is 240 g/mol. The SMILES string of the molecule is CN(CCc1ccc[nH]1)c1cc(NCCN)ncn1. The zero-order valence-corrected chi connectivity index (χ0v) is 11.1. The number of aromatic amines is 1. The number of H-pyrrole nitrogens is 1. The molecule has 0 radical (unpaired) electrons. The molecule has 2 aromatic rings. The van der Waals surface area contributed by atoms with Crippen LogP contribution < -0.4 is 16.0 Å². The Morgan fingerprint density at radius 3 is 3.05 bits per heavy atom. The van der Waals surface area contributed by atoms with Crippen LogP contribution in [-0.2, 0) is 6.42 Å². The van der Waals surface area contributed by atoms with Gasteiger partial charge in [-0.25, -0.2) is 9.97 Å². The Bertz CT molecular complexity index is 482. The Morgan fingerprint density at radius 1 is 1.42 bits per heavy atom. The highest BCUT2D eigenvalue weighted by atomic mass is 15.2. The summed E-state index contributed by atoms with van der Waals surface area (Å²) in [7, 11) is 2.03. The fourth-order valence-corrected chi connectivity index (χ4v) is 1.78. The Balaban J connectivity index is 1.92. The maximum atomic E-state index is 5.46. The van der Waals surface area contributed by atoms with E-state index in [2.05, 4.69) is 31.2 Å². The Morgan fingerprint density at radius 2 is 2.32 bits per heavy atom. The van der Waals surface area contributed by atoms with Crippen LogP contribution in [0.1, 0.15) is 5.69 Å². The molecule has 2 aromatic heterocycles. The van der Waals surface area contributed by atoms with Crippen LogP contribution in [0, 0.1) is 0 Å². The average Bonchev–Trinajstić information content (AvgIpc) is 2.96. The summed E-state index contributed by atoms with van der Waals surface area (Å²) in [6, 6.07) is 6.03. The summed E-state index contributed by atoms with van der Waals surface area (Å²) < 4.78 is 0. The quantitative estimate of drug-likeness (QED) is 0.687. The molecule has 6 nitrogen and oxygen atoms in total. The van der Waals surface area contributed by atoms with E-state index < -0.39 is 0 Å². The highest BCUT2D eigenvalue weighted by Gasteiger charge is 2.04. The van der Waals surface area contributed by atoms with Gasteiger partial charge >= 0.3 is 0 Å². The number of nitrogens with one attached hydrogen (secondary N) is 2. The number of aromatic nitrogens is 3. The lowest BCUT2D eigenvalue weighted by atomic mass is 10.3. The van der Waals surface area contributed by atoms with E-state index in [4.69, 9.17) is 5.73 Å². The third-order valence-electron chi connectivity index (χ3n) is 2.87. The van der Waals surface area contributed by atoms with E-state index in [1.165, 1.54) is 5.69 Å². The summed E-state index contributed by atoms with van der Waals surface area (Å²) in [6.07, 6.45) is 4.47. The minimum Gasteiger partial charge on any atom is -0.369 e. The number of likely N-dealkylation sites (N-methyl/N-ethyl adjacent to an activating group) is 1. The lowest BCUT2D eigenvalue weighted by Crippen LogP contribution is -2.22. The van der Waals surface area contributed by atoms with Gasteiger partial charge < -0.3 is 20.9 Å². The van der Waals surface area contributed by atoms with Crippen LogP contribution >= 0.6 is 0 Å². The monoisotopic (exact) mass is 260 g/mol. The molecule has 0 saturated heterocycles. The number of hydrogen-bond donors (Lipinski definition) is 3. The molecular formula is C13H20N6. The lowest BCUT2D eigenvalue weighted by Gasteiger charge is -2.18. The van der Waals surface area contributed by atoms with Crippen LogP contribution in [0.5, 0.6) is 0 Å². The molecule has 6 heteroatoms. The highest BCUT2D eigenvalue weighted by Crippen LogP contribution is 2.12. The molecule has 0 aliphatic heterocycles. The Hall–Kier alpha value is -2.08. The Labute approximate surface area is 113 Å². The molecule has 0 fully saturated rings. The molecule has 0 aliphatic carbocycles. The fraction of sp³-hybridized carbons (Fsp3) is 0.385. The molecule has 0 aliphatic rings. The lowest BCUT2D eigenvalue weighted by molar-refractivity contribution is 0.840. The summed E-state index contributed by atoms with van der Waals surface area (Å²) in [5, 5.41) is 3.15. The predicted molar refractivity (Wildman–Crippen MR) is 77.3 cm³/mol. The maximum absolute atomic E-state index is 5.46. The largest absolute Gasteiger partial charge is 0.369 e. The van der Waals surface area contributed by atoms with E-state index >= 15 is 0 Å². The van der Waals surface area contributed by atoms with E-state index in [0.717, 1.165) is 24.6 Å². The second-order valence-corrected chi connectivity index (χ2v) is 4.34. The van der Waals surface area contributed by atoms with E-state index in [1.807, 2.05) is 25.4 Å². The zero-order chi connectivity index (χ0) is 13.5. The minimum atomic E-state index is 0.585. The first kappa shape index (κ1) is 13.4. The molecule has 102 valence electrons. The van der Waals surface area contributed by atoms with Crippen LogP contribution in [-0.4, -0.2) is 41.6 Å². The topological polar surface area (TPSA) is 82.9 Å². The molecule has 0 atom stereocenters. The number of anilines is 2. The van der Waals surface area contributed by atoms with Gasteiger partial charge in [0, 0.05) is 51.1 Å². The van der Waals surface area contributed by atoms with Gasteiger partial charge in [-0.3, -0.25) is 0 Å². The first-order valence-corrected chi connectivity index (χ1v) is 6.39. The normalized spacial score (nSPS) is 10.4. The van der Waals surface area contributed by atoms with Crippen LogP contribution in [0.3, 0.4) is 0 Å². The van der Waals surface area contributed by atoms with Crippen LogP contribution in [0.25, 0.3) is 0 Å². The molecule has 19 heavy (non-hydrogen) atoms. The second-order valence-electron chi connectivity index (χ2n) is 4.34. The van der Waals surface area contributed by atoms with Gasteiger partial charge in [0.25, 0.3) is 0 Å². The van der Waals surface area contributed by atoms with E-state index in [1.54, 1.807) is 6.33 Å². The molecule has 0 bridgehead atoms. The number of hydrogen-bond acceptors (Lipinski definition) is 5. The van der Waals surface area contributed by atoms with Gasteiger partial charge in [0.2, 0.25) is 0 Å². The van der Waals surface area contributed by atoms with Gasteiger partial charge in [0.15, 0.2) is 0 Å². The standard InChI is InChI=1S/C13H20N6/c1-19(8-4-11-3-2-6-15-11)13-9-12(16-7-5-14)17-10-18-13/h2-3,6,9-10,15H,4-5,7-8,14H2,1H3,(H,16,17,18). The molecule has 0 amide bonds. The number of nitrogens with two attached hydrogens (primary N) is 1. The van der Waals surface area contributed by atoms with Crippen molar-refractivity contribution in [2.45, 2.75) is 6.42 Å². The van der Waals surface area contributed by atoms with Crippen molar-refractivity contribution < 1.29 is 0 Å². The summed E-state index contributed by atoms with van der Waals surface area (Å²) in [5.74, 6) is 1.71. The molecule has 4 N–H and O–H groups in total. The van der Waals surface area contributed by atoms with E-state index in [0.29, 0.717) is 13.1 Å². The fourth-order valence-electron chi connectivity index (χ4n) is 1.78. The van der Waals surface area contributed by atoms with Crippen LogP contribution in [0.4, 0.5) is 11.6 Å². The summed E-state index contributed by atoms with van der Waals surface area (Å²) in [4.78, 5) is 13.7. The molecule has 0 aromatic carbocycles. The van der Waals surface area contributed by atoms with Crippen LogP contribution in [0.15, 0.2) is 30.7 Å². The highest BCUT2D eigenvalue weighted by molar-refractivity contribution is 5.47. The van der Waals surface area contributed by atoms with Crippen LogP contribution in [0.2, 0.25) is 0 Å². The van der Waals surface area contributed by atoms with Gasteiger partial charge in [-0.05, 0) is 12.1 Å². The third-order valence-corrected chi connectivity index (χ3v) is 2.87. The molecule has 2 heterocycles. The first-order valence-electron chi connectivity index (χ1n) is 6.39. The second kappa shape index (κ2) is 6.75. The third kappa shape index (κ3) is 3.96. The molecule has 0 saturated carbocycles. The van der Waals surface area contributed by atoms with Gasteiger partial charge in [-0.2, -0.15) is 0 Å². The van der Waals surface area contributed by atoms with Gasteiger partial charge in [0.05, 0.1) is 0 Å². The average molecular weight is 260 g/mol. The van der Waals surface area contributed by atoms with Crippen molar-refractivity contribution in [3.05, 3.63) is 36.4 Å². The smallest absolute Gasteiger partial charge is 0.133 e. The number of rotatable bonds is 7. The molecule has 2 rings (SSSR count). The molecule has 0 unspecified atom stereocenters. The van der Waals surface area contributed by atoms with Gasteiger partial charge in [-0.15, -0.1) is 0 Å². The van der Waals surface area contributed by atoms with E-state index in [9.17, 15) is 0 Å². The van der Waals surface area contributed by atoms with Crippen molar-refractivity contribution >= 4 is 11.6 Å². The van der Waals surface area contributed by atoms with Crippen molar-refractivity contribution in [3.8, 4) is 0 Å². The van der Waals surface area contributed by atoms with Crippen molar-refractivity contribution in [1.82, 2.24) is 15.0 Å². The first-order chi connectivity index (χ1) is 9.29. The predicted octanol–water partition coefficient (Wildman–Crippen LogP) is 0.854. The summed E-state index contributed by atoms with van der Waals surface area (Å²) in [6.45, 7) is 2.19. The molecule has 0 spiro atoms. The number of nitrogens with zero attached hydrogens (tertiary/aromatic N) is 3.